The van der Waals surface area contributed by atoms with Gasteiger partial charge in [-0.15, -0.1) is 0 Å². The van der Waals surface area contributed by atoms with Crippen molar-refractivity contribution in [2.45, 2.75) is 39.9 Å². The van der Waals surface area contributed by atoms with Gasteiger partial charge in [0.25, 0.3) is 0 Å². The molecule has 0 bridgehead atoms. The predicted molar refractivity (Wildman–Crippen MR) is 87.0 cm³/mol. The number of nitrogens with zero attached hydrogens (tertiary/aromatic N) is 1. The molecule has 2 rings (SSSR count). The van der Waals surface area contributed by atoms with Crippen molar-refractivity contribution in [3.8, 4) is 5.75 Å². The molecule has 0 saturated heterocycles. The van der Waals surface area contributed by atoms with Crippen LogP contribution in [0.3, 0.4) is 0 Å². The van der Waals surface area contributed by atoms with Crippen molar-refractivity contribution in [1.29, 1.82) is 0 Å². The third kappa shape index (κ3) is 4.08. The van der Waals surface area contributed by atoms with E-state index in [1.165, 1.54) is 0 Å². The monoisotopic (exact) mass is 288 g/mol. The lowest BCUT2D eigenvalue weighted by atomic mass is 10.1. The zero-order valence-corrected chi connectivity index (χ0v) is 13.3. The molecule has 0 atom stereocenters. The Balaban J connectivity index is 2.45. The van der Waals surface area contributed by atoms with Crippen LogP contribution >= 0.6 is 0 Å². The minimum atomic E-state index is 0.162. The summed E-state index contributed by atoms with van der Waals surface area (Å²) in [6.07, 6.45) is 1.24. The van der Waals surface area contributed by atoms with E-state index in [2.05, 4.69) is 29.4 Å². The van der Waals surface area contributed by atoms with E-state index in [0.717, 1.165) is 41.0 Å². The summed E-state index contributed by atoms with van der Waals surface area (Å²) in [6.45, 7) is 7.66. The molecule has 114 valence electrons. The Bertz CT molecular complexity index is 597. The third-order valence-electron chi connectivity index (χ3n) is 3.06. The van der Waals surface area contributed by atoms with Crippen LogP contribution in [0.2, 0.25) is 0 Å². The van der Waals surface area contributed by atoms with E-state index in [1.807, 2.05) is 26.0 Å². The van der Waals surface area contributed by atoms with E-state index in [9.17, 15) is 0 Å². The van der Waals surface area contributed by atoms with Crippen LogP contribution < -0.4 is 10.1 Å². The van der Waals surface area contributed by atoms with Gasteiger partial charge in [0.05, 0.1) is 23.9 Å². The summed E-state index contributed by atoms with van der Waals surface area (Å²) in [5.41, 5.74) is 2.98. The summed E-state index contributed by atoms with van der Waals surface area (Å²) in [5.74, 6) is 0.873. The molecule has 0 fully saturated rings. The number of methoxy groups -OCH3 is 1. The van der Waals surface area contributed by atoms with Gasteiger partial charge in [0.2, 0.25) is 0 Å². The van der Waals surface area contributed by atoms with E-state index >= 15 is 0 Å². The standard InChI is InChI=1S/C17H24N2O2/c1-5-8-18-17-9-13(11-20-4)19-16-7-6-14(10-15(16)17)21-12(2)3/h6-7,9-10,12H,5,8,11H2,1-4H3,(H,18,19). The molecule has 4 nitrogen and oxygen atoms in total. The van der Waals surface area contributed by atoms with Crippen LogP contribution in [0.4, 0.5) is 5.69 Å². The van der Waals surface area contributed by atoms with Gasteiger partial charge in [0.1, 0.15) is 5.75 Å². The van der Waals surface area contributed by atoms with Crippen molar-refractivity contribution in [3.63, 3.8) is 0 Å². The van der Waals surface area contributed by atoms with Crippen molar-refractivity contribution >= 4 is 16.6 Å². The number of hydrogen-bond donors (Lipinski definition) is 1. The minimum absolute atomic E-state index is 0.162. The second kappa shape index (κ2) is 7.27. The fraction of sp³-hybridized carbons (Fsp3) is 0.471. The van der Waals surface area contributed by atoms with Crippen molar-refractivity contribution < 1.29 is 9.47 Å². The van der Waals surface area contributed by atoms with Gasteiger partial charge in [-0.25, -0.2) is 0 Å². The predicted octanol–water partition coefficient (Wildman–Crippen LogP) is 3.99. The first-order chi connectivity index (χ1) is 10.1. The molecule has 1 aromatic heterocycles. The van der Waals surface area contributed by atoms with Gasteiger partial charge in [-0.3, -0.25) is 4.98 Å². The lowest BCUT2D eigenvalue weighted by Gasteiger charge is -2.14. The van der Waals surface area contributed by atoms with E-state index in [1.54, 1.807) is 7.11 Å². The molecule has 0 spiro atoms. The van der Waals surface area contributed by atoms with Gasteiger partial charge in [-0.1, -0.05) is 6.92 Å². The molecular weight excluding hydrogens is 264 g/mol. The molecule has 21 heavy (non-hydrogen) atoms. The van der Waals surface area contributed by atoms with Gasteiger partial charge >= 0.3 is 0 Å². The van der Waals surface area contributed by atoms with Gasteiger partial charge < -0.3 is 14.8 Å². The first kappa shape index (κ1) is 15.6. The summed E-state index contributed by atoms with van der Waals surface area (Å²) in [6, 6.07) is 8.08. The van der Waals surface area contributed by atoms with Crippen LogP contribution in [0.25, 0.3) is 10.9 Å². The van der Waals surface area contributed by atoms with Crippen molar-refractivity contribution in [2.24, 2.45) is 0 Å². The molecule has 0 aliphatic heterocycles. The molecule has 0 aliphatic rings. The highest BCUT2D eigenvalue weighted by Gasteiger charge is 2.08. The van der Waals surface area contributed by atoms with E-state index in [4.69, 9.17) is 9.47 Å². The zero-order chi connectivity index (χ0) is 15.2. The normalized spacial score (nSPS) is 11.1. The average Bonchev–Trinajstić information content (AvgIpc) is 2.45. The molecule has 0 radical (unpaired) electrons. The SMILES string of the molecule is CCCNc1cc(COC)nc2ccc(OC(C)C)cc12. The second-order valence-corrected chi connectivity index (χ2v) is 5.37. The maximum absolute atomic E-state index is 5.78. The Morgan fingerprint density at radius 1 is 1.24 bits per heavy atom. The highest BCUT2D eigenvalue weighted by Crippen LogP contribution is 2.28. The van der Waals surface area contributed by atoms with Crippen LogP contribution in [-0.4, -0.2) is 24.7 Å². The number of pyridine rings is 1. The molecule has 4 heteroatoms. The quantitative estimate of drug-likeness (QED) is 0.836. The summed E-state index contributed by atoms with van der Waals surface area (Å²) in [7, 11) is 1.69. The highest BCUT2D eigenvalue weighted by molar-refractivity contribution is 5.92. The zero-order valence-electron chi connectivity index (χ0n) is 13.3. The molecule has 0 aliphatic carbocycles. The number of fused-ring (bicyclic) bond motifs is 1. The van der Waals surface area contributed by atoms with Gasteiger partial charge in [0.15, 0.2) is 0 Å². The van der Waals surface area contributed by atoms with Crippen LogP contribution in [0, 0.1) is 0 Å². The Morgan fingerprint density at radius 2 is 2.05 bits per heavy atom. The number of nitrogens with one attached hydrogen (secondary N) is 1. The van der Waals surface area contributed by atoms with E-state index in [0.29, 0.717) is 6.61 Å². The Kier molecular flexibility index (Phi) is 5.39. The molecule has 2 aromatic rings. The van der Waals surface area contributed by atoms with Gasteiger partial charge in [-0.05, 0) is 44.5 Å². The molecule has 0 saturated carbocycles. The second-order valence-electron chi connectivity index (χ2n) is 5.37. The van der Waals surface area contributed by atoms with E-state index < -0.39 is 0 Å². The fourth-order valence-corrected chi connectivity index (χ4v) is 2.23. The number of hydrogen-bond acceptors (Lipinski definition) is 4. The Hall–Kier alpha value is -1.81. The third-order valence-corrected chi connectivity index (χ3v) is 3.06. The largest absolute Gasteiger partial charge is 0.491 e. The first-order valence-corrected chi connectivity index (χ1v) is 7.47. The number of ether oxygens (including phenoxy) is 2. The topological polar surface area (TPSA) is 43.4 Å². The van der Waals surface area contributed by atoms with Gasteiger partial charge in [0, 0.05) is 24.7 Å². The molecule has 1 aromatic carbocycles. The molecular formula is C17H24N2O2. The fourth-order valence-electron chi connectivity index (χ4n) is 2.23. The van der Waals surface area contributed by atoms with E-state index in [-0.39, 0.29) is 6.10 Å². The highest BCUT2D eigenvalue weighted by atomic mass is 16.5. The molecule has 0 unspecified atom stereocenters. The Labute approximate surface area is 126 Å². The smallest absolute Gasteiger partial charge is 0.120 e. The average molecular weight is 288 g/mol. The van der Waals surface area contributed by atoms with Crippen LogP contribution in [0.15, 0.2) is 24.3 Å². The number of anilines is 1. The lowest BCUT2D eigenvalue weighted by molar-refractivity contribution is 0.182. The number of benzene rings is 1. The summed E-state index contributed by atoms with van der Waals surface area (Å²) in [4.78, 5) is 4.63. The first-order valence-electron chi connectivity index (χ1n) is 7.47. The number of aromatic nitrogens is 1. The summed E-state index contributed by atoms with van der Waals surface area (Å²) >= 11 is 0. The van der Waals surface area contributed by atoms with Crippen molar-refractivity contribution in [1.82, 2.24) is 4.98 Å². The lowest BCUT2D eigenvalue weighted by Crippen LogP contribution is -2.06. The maximum atomic E-state index is 5.78. The maximum Gasteiger partial charge on any atom is 0.120 e. The van der Waals surface area contributed by atoms with Crippen molar-refractivity contribution in [2.75, 3.05) is 19.0 Å². The van der Waals surface area contributed by atoms with Crippen LogP contribution in [0.5, 0.6) is 5.75 Å². The molecule has 0 amide bonds. The number of rotatable bonds is 7. The van der Waals surface area contributed by atoms with Crippen LogP contribution in [0.1, 0.15) is 32.9 Å². The van der Waals surface area contributed by atoms with Crippen LogP contribution in [-0.2, 0) is 11.3 Å². The van der Waals surface area contributed by atoms with Crippen molar-refractivity contribution in [3.05, 3.63) is 30.0 Å². The molecule has 1 N–H and O–H groups in total. The van der Waals surface area contributed by atoms with Gasteiger partial charge in [-0.2, -0.15) is 0 Å². The summed E-state index contributed by atoms with van der Waals surface area (Å²) < 4.78 is 11.0. The summed E-state index contributed by atoms with van der Waals surface area (Å²) in [5, 5.41) is 4.55. The Morgan fingerprint density at radius 3 is 2.71 bits per heavy atom. The molecule has 1 heterocycles. The minimum Gasteiger partial charge on any atom is -0.491 e.